The van der Waals surface area contributed by atoms with Crippen molar-refractivity contribution in [2.24, 2.45) is 0 Å². The average molecular weight is 314 g/mol. The number of nitrogens with one attached hydrogen (secondary N) is 1. The van der Waals surface area contributed by atoms with Gasteiger partial charge in [-0.25, -0.2) is 13.6 Å². The Kier molecular flexibility index (Phi) is 4.92. The number of rotatable bonds is 4. The van der Waals surface area contributed by atoms with Gasteiger partial charge in [0.2, 0.25) is 0 Å². The summed E-state index contributed by atoms with van der Waals surface area (Å²) in [5.41, 5.74) is 0.379. The second-order valence-corrected chi connectivity index (χ2v) is 5.11. The molecule has 0 aliphatic carbocycles. The monoisotopic (exact) mass is 314 g/mol. The van der Waals surface area contributed by atoms with Gasteiger partial charge in [-0.3, -0.25) is 4.79 Å². The molecule has 6 nitrogen and oxygen atoms in total. The predicted octanol–water partition coefficient (Wildman–Crippen LogP) is 1.26. The number of urea groups is 1. The topological polar surface area (TPSA) is 89.9 Å². The first-order chi connectivity index (χ1) is 10.4. The summed E-state index contributed by atoms with van der Waals surface area (Å²) in [5, 5.41) is 20.7. The number of benzene rings is 1. The first-order valence-corrected chi connectivity index (χ1v) is 6.77. The lowest BCUT2D eigenvalue weighted by atomic mass is 10.0. The standard InChI is InChI=1S/C14H16F2N2O4/c15-10-2-1-8(5-11(10)16)12-6-9(19)7-18(12)14(22)17-4-3-13(20)21/h1-2,5,9,12,19H,3-4,6-7H2,(H,17,22)(H,20,21). The molecule has 2 rings (SSSR count). The van der Waals surface area contributed by atoms with E-state index in [1.165, 1.54) is 11.0 Å². The number of hydrogen-bond acceptors (Lipinski definition) is 3. The summed E-state index contributed by atoms with van der Waals surface area (Å²) in [6, 6.07) is 2.19. The summed E-state index contributed by atoms with van der Waals surface area (Å²) in [6.07, 6.45) is -0.793. The first kappa shape index (κ1) is 16.2. The molecule has 120 valence electrons. The van der Waals surface area contributed by atoms with Crippen LogP contribution in [0.3, 0.4) is 0 Å². The second kappa shape index (κ2) is 6.69. The summed E-state index contributed by atoms with van der Waals surface area (Å²) in [5.74, 6) is -3.05. The van der Waals surface area contributed by atoms with Crippen molar-refractivity contribution in [3.05, 3.63) is 35.4 Å². The highest BCUT2D eigenvalue weighted by Crippen LogP contribution is 2.32. The van der Waals surface area contributed by atoms with Crippen LogP contribution in [0, 0.1) is 11.6 Å². The highest BCUT2D eigenvalue weighted by molar-refractivity contribution is 5.76. The van der Waals surface area contributed by atoms with Crippen molar-refractivity contribution in [2.75, 3.05) is 13.1 Å². The molecule has 1 saturated heterocycles. The predicted molar refractivity (Wildman–Crippen MR) is 72.1 cm³/mol. The van der Waals surface area contributed by atoms with Crippen LogP contribution in [-0.4, -0.2) is 46.3 Å². The van der Waals surface area contributed by atoms with Gasteiger partial charge < -0.3 is 20.4 Å². The van der Waals surface area contributed by atoms with Crippen LogP contribution in [0.4, 0.5) is 13.6 Å². The van der Waals surface area contributed by atoms with Crippen LogP contribution < -0.4 is 5.32 Å². The van der Waals surface area contributed by atoms with Gasteiger partial charge >= 0.3 is 12.0 Å². The van der Waals surface area contributed by atoms with Gasteiger partial charge in [0.05, 0.1) is 18.6 Å². The molecule has 1 aliphatic rings. The van der Waals surface area contributed by atoms with Gasteiger partial charge in [0, 0.05) is 13.1 Å². The quantitative estimate of drug-likeness (QED) is 0.780. The maximum Gasteiger partial charge on any atom is 0.318 e. The molecule has 22 heavy (non-hydrogen) atoms. The van der Waals surface area contributed by atoms with Crippen molar-refractivity contribution in [2.45, 2.75) is 25.0 Å². The van der Waals surface area contributed by atoms with E-state index in [9.17, 15) is 23.5 Å². The smallest absolute Gasteiger partial charge is 0.318 e. The third-order valence-corrected chi connectivity index (χ3v) is 3.48. The Morgan fingerprint density at radius 1 is 1.32 bits per heavy atom. The van der Waals surface area contributed by atoms with E-state index in [-0.39, 0.29) is 25.9 Å². The van der Waals surface area contributed by atoms with E-state index in [4.69, 9.17) is 5.11 Å². The molecule has 0 saturated carbocycles. The third-order valence-electron chi connectivity index (χ3n) is 3.48. The van der Waals surface area contributed by atoms with E-state index in [1.807, 2.05) is 0 Å². The number of carbonyl (C=O) groups excluding carboxylic acids is 1. The zero-order valence-electron chi connectivity index (χ0n) is 11.6. The zero-order valence-corrected chi connectivity index (χ0v) is 11.6. The maximum atomic E-state index is 13.3. The molecule has 1 heterocycles. The molecule has 0 aromatic heterocycles. The Hall–Kier alpha value is -2.22. The van der Waals surface area contributed by atoms with Crippen LogP contribution in [0.15, 0.2) is 18.2 Å². The molecule has 0 bridgehead atoms. The average Bonchev–Trinajstić information content (AvgIpc) is 2.83. The van der Waals surface area contributed by atoms with Crippen molar-refractivity contribution >= 4 is 12.0 Å². The number of amides is 2. The molecule has 2 amide bonds. The fraction of sp³-hybridized carbons (Fsp3) is 0.429. The molecule has 2 atom stereocenters. The molecule has 1 aliphatic heterocycles. The summed E-state index contributed by atoms with van der Waals surface area (Å²) in [4.78, 5) is 23.8. The zero-order chi connectivity index (χ0) is 16.3. The van der Waals surface area contributed by atoms with E-state index in [1.54, 1.807) is 0 Å². The van der Waals surface area contributed by atoms with Crippen molar-refractivity contribution in [1.82, 2.24) is 10.2 Å². The van der Waals surface area contributed by atoms with Gasteiger partial charge in [-0.1, -0.05) is 6.07 Å². The molecule has 1 aromatic carbocycles. The summed E-state index contributed by atoms with van der Waals surface area (Å²) >= 11 is 0. The van der Waals surface area contributed by atoms with E-state index in [2.05, 4.69) is 5.32 Å². The fourth-order valence-electron chi connectivity index (χ4n) is 2.45. The van der Waals surface area contributed by atoms with Gasteiger partial charge in [-0.2, -0.15) is 0 Å². The number of likely N-dealkylation sites (tertiary alicyclic amines) is 1. The van der Waals surface area contributed by atoms with Crippen molar-refractivity contribution in [3.63, 3.8) is 0 Å². The lowest BCUT2D eigenvalue weighted by Crippen LogP contribution is -2.41. The van der Waals surface area contributed by atoms with Crippen LogP contribution in [0.2, 0.25) is 0 Å². The van der Waals surface area contributed by atoms with Crippen molar-refractivity contribution in [3.8, 4) is 0 Å². The van der Waals surface area contributed by atoms with Crippen LogP contribution in [0.1, 0.15) is 24.4 Å². The van der Waals surface area contributed by atoms with E-state index in [0.29, 0.717) is 5.56 Å². The minimum atomic E-state index is -1.04. The highest BCUT2D eigenvalue weighted by atomic mass is 19.2. The first-order valence-electron chi connectivity index (χ1n) is 6.77. The summed E-state index contributed by atoms with van der Waals surface area (Å²) in [6.45, 7) is -0.00612. The Bertz CT molecular complexity index is 582. The molecule has 1 aromatic rings. The molecular weight excluding hydrogens is 298 g/mol. The number of β-amino-alcohol motifs (C(OH)–C–C–N with tert-alkyl or cyclic N) is 1. The fourth-order valence-corrected chi connectivity index (χ4v) is 2.45. The normalized spacial score (nSPS) is 21.0. The Morgan fingerprint density at radius 2 is 2.05 bits per heavy atom. The Morgan fingerprint density at radius 3 is 2.68 bits per heavy atom. The van der Waals surface area contributed by atoms with Crippen LogP contribution >= 0.6 is 0 Å². The number of aliphatic hydroxyl groups is 1. The SMILES string of the molecule is O=C(O)CCNC(=O)N1CC(O)CC1c1ccc(F)c(F)c1. The largest absolute Gasteiger partial charge is 0.481 e. The minimum Gasteiger partial charge on any atom is -0.481 e. The Labute approximate surface area is 125 Å². The Balaban J connectivity index is 2.09. The third kappa shape index (κ3) is 3.70. The lowest BCUT2D eigenvalue weighted by Gasteiger charge is -2.25. The number of carboxylic acid groups (broad SMARTS) is 1. The van der Waals surface area contributed by atoms with Crippen LogP contribution in [0.5, 0.6) is 0 Å². The number of hydrogen-bond donors (Lipinski definition) is 3. The molecule has 8 heteroatoms. The number of aliphatic carboxylic acids is 1. The molecule has 2 unspecified atom stereocenters. The molecular formula is C14H16F2N2O4. The molecule has 0 radical (unpaired) electrons. The summed E-state index contributed by atoms with van der Waals surface area (Å²) in [7, 11) is 0. The van der Waals surface area contributed by atoms with Gasteiger partial charge in [-0.15, -0.1) is 0 Å². The number of carboxylic acids is 1. The van der Waals surface area contributed by atoms with E-state index in [0.717, 1.165) is 12.1 Å². The van der Waals surface area contributed by atoms with E-state index < -0.39 is 35.8 Å². The summed E-state index contributed by atoms with van der Waals surface area (Å²) < 4.78 is 26.3. The van der Waals surface area contributed by atoms with Gasteiger partial charge in [-0.05, 0) is 24.1 Å². The molecule has 3 N–H and O–H groups in total. The number of aliphatic hydroxyl groups excluding tert-OH is 1. The minimum absolute atomic E-state index is 0.0442. The van der Waals surface area contributed by atoms with E-state index >= 15 is 0 Å². The number of halogens is 2. The maximum absolute atomic E-state index is 13.3. The van der Waals surface area contributed by atoms with Crippen LogP contribution in [-0.2, 0) is 4.79 Å². The second-order valence-electron chi connectivity index (χ2n) is 5.11. The molecule has 0 spiro atoms. The van der Waals surface area contributed by atoms with Crippen molar-refractivity contribution < 1.29 is 28.6 Å². The van der Waals surface area contributed by atoms with Crippen LogP contribution in [0.25, 0.3) is 0 Å². The molecule has 1 fully saturated rings. The lowest BCUT2D eigenvalue weighted by molar-refractivity contribution is -0.136. The number of nitrogens with zero attached hydrogens (tertiary/aromatic N) is 1. The number of carbonyl (C=O) groups is 2. The highest BCUT2D eigenvalue weighted by Gasteiger charge is 2.35. The van der Waals surface area contributed by atoms with Gasteiger partial charge in [0.25, 0.3) is 0 Å². The van der Waals surface area contributed by atoms with Gasteiger partial charge in [0.1, 0.15) is 0 Å². The van der Waals surface area contributed by atoms with Crippen molar-refractivity contribution in [1.29, 1.82) is 0 Å². The van der Waals surface area contributed by atoms with Gasteiger partial charge in [0.15, 0.2) is 11.6 Å².